The lowest BCUT2D eigenvalue weighted by atomic mass is 10.1. The highest BCUT2D eigenvalue weighted by atomic mass is 16.5. The molecule has 3 rings (SSSR count). The standard InChI is InChI=1S/C15H10N2O4/c18-14(19)9-3-1-4-10(7-9)21-15(20)11-5-2-6-13-12(11)8-16-17-13/h1-8H,(H,16,17)(H,18,19). The average molecular weight is 282 g/mol. The van der Waals surface area contributed by atoms with Crippen LogP contribution in [-0.4, -0.2) is 27.2 Å². The number of carboxylic acids is 1. The van der Waals surface area contributed by atoms with Crippen molar-refractivity contribution in [3.63, 3.8) is 0 Å². The number of hydrogen-bond donors (Lipinski definition) is 2. The number of H-pyrrole nitrogens is 1. The van der Waals surface area contributed by atoms with Gasteiger partial charge in [-0.2, -0.15) is 5.10 Å². The van der Waals surface area contributed by atoms with Gasteiger partial charge in [-0.15, -0.1) is 0 Å². The van der Waals surface area contributed by atoms with E-state index in [2.05, 4.69) is 10.2 Å². The minimum atomic E-state index is -1.08. The summed E-state index contributed by atoms with van der Waals surface area (Å²) in [7, 11) is 0. The first-order chi connectivity index (χ1) is 10.1. The van der Waals surface area contributed by atoms with Gasteiger partial charge in [0.1, 0.15) is 5.75 Å². The van der Waals surface area contributed by atoms with Crippen LogP contribution in [-0.2, 0) is 0 Å². The molecule has 0 spiro atoms. The van der Waals surface area contributed by atoms with Crippen molar-refractivity contribution < 1.29 is 19.4 Å². The number of carboxylic acid groups (broad SMARTS) is 1. The number of carbonyl (C=O) groups is 2. The van der Waals surface area contributed by atoms with E-state index >= 15 is 0 Å². The Morgan fingerprint density at radius 2 is 1.95 bits per heavy atom. The monoisotopic (exact) mass is 282 g/mol. The summed E-state index contributed by atoms with van der Waals surface area (Å²) >= 11 is 0. The van der Waals surface area contributed by atoms with Gasteiger partial charge in [-0.05, 0) is 30.3 Å². The second kappa shape index (κ2) is 5.09. The van der Waals surface area contributed by atoms with E-state index in [4.69, 9.17) is 9.84 Å². The normalized spacial score (nSPS) is 10.5. The number of aromatic nitrogens is 2. The molecule has 1 aromatic heterocycles. The Balaban J connectivity index is 1.91. The quantitative estimate of drug-likeness (QED) is 0.568. The first-order valence-electron chi connectivity index (χ1n) is 6.13. The van der Waals surface area contributed by atoms with Crippen molar-refractivity contribution >= 4 is 22.8 Å². The zero-order valence-corrected chi connectivity index (χ0v) is 10.7. The molecule has 1 heterocycles. The van der Waals surface area contributed by atoms with Gasteiger partial charge in [0.05, 0.1) is 22.8 Å². The summed E-state index contributed by atoms with van der Waals surface area (Å²) in [4.78, 5) is 23.1. The summed E-state index contributed by atoms with van der Waals surface area (Å²) in [5.74, 6) is -1.46. The van der Waals surface area contributed by atoms with Gasteiger partial charge >= 0.3 is 11.9 Å². The number of aromatic carboxylic acids is 1. The van der Waals surface area contributed by atoms with Gasteiger partial charge in [0.15, 0.2) is 0 Å². The lowest BCUT2D eigenvalue weighted by Crippen LogP contribution is -2.09. The van der Waals surface area contributed by atoms with Crippen LogP contribution >= 0.6 is 0 Å². The highest BCUT2D eigenvalue weighted by Gasteiger charge is 2.14. The van der Waals surface area contributed by atoms with E-state index in [1.807, 2.05) is 0 Å². The van der Waals surface area contributed by atoms with Crippen molar-refractivity contribution in [2.24, 2.45) is 0 Å². The molecule has 0 saturated carbocycles. The van der Waals surface area contributed by atoms with Crippen molar-refractivity contribution in [1.29, 1.82) is 0 Å². The molecule has 0 unspecified atom stereocenters. The SMILES string of the molecule is O=C(O)c1cccc(OC(=O)c2cccc3[nH]ncc23)c1. The summed E-state index contributed by atoms with van der Waals surface area (Å²) in [6.07, 6.45) is 1.54. The lowest BCUT2D eigenvalue weighted by molar-refractivity contribution is 0.0688. The molecule has 6 heteroatoms. The number of rotatable bonds is 3. The largest absolute Gasteiger partial charge is 0.478 e. The van der Waals surface area contributed by atoms with Crippen LogP contribution in [0.1, 0.15) is 20.7 Å². The summed E-state index contributed by atoms with van der Waals surface area (Å²) in [6, 6.07) is 10.9. The molecule has 0 atom stereocenters. The molecular formula is C15H10N2O4. The summed E-state index contributed by atoms with van der Waals surface area (Å²) in [5.41, 5.74) is 1.15. The number of carbonyl (C=O) groups excluding carboxylic acids is 1. The Morgan fingerprint density at radius 3 is 2.76 bits per heavy atom. The number of nitrogens with one attached hydrogen (secondary N) is 1. The van der Waals surface area contributed by atoms with Gasteiger partial charge < -0.3 is 9.84 Å². The molecule has 0 saturated heterocycles. The topological polar surface area (TPSA) is 92.3 Å². The van der Waals surface area contributed by atoms with Gasteiger partial charge in [0, 0.05) is 5.39 Å². The maximum Gasteiger partial charge on any atom is 0.344 e. The molecule has 21 heavy (non-hydrogen) atoms. The molecule has 0 amide bonds. The summed E-state index contributed by atoms with van der Waals surface area (Å²) < 4.78 is 5.22. The first kappa shape index (κ1) is 12.9. The van der Waals surface area contributed by atoms with Gasteiger partial charge in [-0.25, -0.2) is 9.59 Å². The van der Waals surface area contributed by atoms with Crippen LogP contribution in [0.2, 0.25) is 0 Å². The summed E-state index contributed by atoms with van der Waals surface area (Å²) in [5, 5.41) is 16.2. The summed E-state index contributed by atoms with van der Waals surface area (Å²) in [6.45, 7) is 0. The first-order valence-corrected chi connectivity index (χ1v) is 6.13. The Hall–Kier alpha value is -3.15. The van der Waals surface area contributed by atoms with Crippen molar-refractivity contribution in [3.8, 4) is 5.75 Å². The van der Waals surface area contributed by atoms with Gasteiger partial charge in [0.2, 0.25) is 0 Å². The molecule has 0 fully saturated rings. The highest BCUT2D eigenvalue weighted by molar-refractivity contribution is 6.04. The second-order valence-corrected chi connectivity index (χ2v) is 4.36. The maximum atomic E-state index is 12.2. The van der Waals surface area contributed by atoms with Crippen LogP contribution in [0.5, 0.6) is 5.75 Å². The number of fused-ring (bicyclic) bond motifs is 1. The average Bonchev–Trinajstić information content (AvgIpc) is 2.95. The van der Waals surface area contributed by atoms with E-state index in [-0.39, 0.29) is 11.3 Å². The molecule has 3 aromatic rings. The van der Waals surface area contributed by atoms with Crippen molar-refractivity contribution in [2.75, 3.05) is 0 Å². The van der Waals surface area contributed by atoms with E-state index < -0.39 is 11.9 Å². The number of hydrogen-bond acceptors (Lipinski definition) is 4. The zero-order chi connectivity index (χ0) is 14.8. The third-order valence-electron chi connectivity index (χ3n) is 3.00. The molecule has 2 aromatic carbocycles. The van der Waals surface area contributed by atoms with Crippen LogP contribution < -0.4 is 4.74 Å². The number of benzene rings is 2. The molecule has 2 N–H and O–H groups in total. The van der Waals surface area contributed by atoms with E-state index in [1.165, 1.54) is 24.3 Å². The van der Waals surface area contributed by atoms with Crippen LogP contribution in [0.4, 0.5) is 0 Å². The zero-order valence-electron chi connectivity index (χ0n) is 10.7. The number of esters is 1. The molecule has 0 aliphatic rings. The Morgan fingerprint density at radius 1 is 1.14 bits per heavy atom. The Labute approximate surface area is 119 Å². The molecule has 0 radical (unpaired) electrons. The van der Waals surface area contributed by atoms with Gasteiger partial charge in [-0.1, -0.05) is 12.1 Å². The minimum absolute atomic E-state index is 0.0572. The smallest absolute Gasteiger partial charge is 0.344 e. The third-order valence-corrected chi connectivity index (χ3v) is 3.00. The van der Waals surface area contributed by atoms with Crippen LogP contribution in [0.15, 0.2) is 48.7 Å². The molecule has 104 valence electrons. The fourth-order valence-electron chi connectivity index (χ4n) is 2.00. The fourth-order valence-corrected chi connectivity index (χ4v) is 2.00. The lowest BCUT2D eigenvalue weighted by Gasteiger charge is -2.05. The van der Waals surface area contributed by atoms with Crippen molar-refractivity contribution in [1.82, 2.24) is 10.2 Å². The maximum absolute atomic E-state index is 12.2. The van der Waals surface area contributed by atoms with Crippen molar-refractivity contribution in [2.45, 2.75) is 0 Å². The predicted octanol–water partition coefficient (Wildman–Crippen LogP) is 2.48. The van der Waals surface area contributed by atoms with E-state index in [9.17, 15) is 9.59 Å². The third kappa shape index (κ3) is 2.46. The van der Waals surface area contributed by atoms with Crippen molar-refractivity contribution in [3.05, 3.63) is 59.8 Å². The van der Waals surface area contributed by atoms with E-state index in [0.717, 1.165) is 5.52 Å². The second-order valence-electron chi connectivity index (χ2n) is 4.36. The van der Waals surface area contributed by atoms with Crippen LogP contribution in [0, 0.1) is 0 Å². The van der Waals surface area contributed by atoms with E-state index in [0.29, 0.717) is 10.9 Å². The molecular weight excluding hydrogens is 272 g/mol. The van der Waals surface area contributed by atoms with E-state index in [1.54, 1.807) is 24.4 Å². The van der Waals surface area contributed by atoms with Crippen LogP contribution in [0.25, 0.3) is 10.9 Å². The molecule has 0 aliphatic carbocycles. The Bertz CT molecular complexity index is 838. The van der Waals surface area contributed by atoms with Gasteiger partial charge in [0.25, 0.3) is 0 Å². The minimum Gasteiger partial charge on any atom is -0.478 e. The fraction of sp³-hybridized carbons (Fsp3) is 0. The predicted molar refractivity (Wildman–Crippen MR) is 74.5 cm³/mol. The van der Waals surface area contributed by atoms with Crippen LogP contribution in [0.3, 0.4) is 0 Å². The Kier molecular flexibility index (Phi) is 3.12. The molecule has 0 bridgehead atoms. The molecule has 6 nitrogen and oxygen atoms in total. The highest BCUT2D eigenvalue weighted by Crippen LogP contribution is 2.20. The number of nitrogens with zero attached hydrogens (tertiary/aromatic N) is 1. The van der Waals surface area contributed by atoms with Gasteiger partial charge in [-0.3, -0.25) is 5.10 Å². The number of ether oxygens (including phenoxy) is 1. The number of aromatic amines is 1. The molecule has 0 aliphatic heterocycles.